The van der Waals surface area contributed by atoms with Gasteiger partial charge < -0.3 is 5.32 Å². The zero-order chi connectivity index (χ0) is 14.9. The van der Waals surface area contributed by atoms with E-state index >= 15 is 0 Å². The van der Waals surface area contributed by atoms with Gasteiger partial charge in [-0.05, 0) is 30.7 Å². The topological polar surface area (TPSA) is 62.3 Å². The van der Waals surface area contributed by atoms with E-state index in [4.69, 9.17) is 0 Å². The summed E-state index contributed by atoms with van der Waals surface area (Å²) in [5, 5.41) is 3.26. The van der Waals surface area contributed by atoms with Crippen molar-refractivity contribution in [1.29, 1.82) is 0 Å². The minimum Gasteiger partial charge on any atom is -0.313 e. The van der Waals surface area contributed by atoms with Crippen LogP contribution >= 0.6 is 23.7 Å². The maximum Gasteiger partial charge on any atom is 0.253 e. The summed E-state index contributed by atoms with van der Waals surface area (Å²) in [5.41, 5.74) is 0.918. The van der Waals surface area contributed by atoms with Crippen molar-refractivity contribution in [2.24, 2.45) is 0 Å². The fourth-order valence-corrected chi connectivity index (χ4v) is 5.52. The van der Waals surface area contributed by atoms with Crippen molar-refractivity contribution in [2.45, 2.75) is 17.2 Å². The minimum atomic E-state index is -3.45. The van der Waals surface area contributed by atoms with Gasteiger partial charge in [0.2, 0.25) is 0 Å². The van der Waals surface area contributed by atoms with E-state index in [2.05, 4.69) is 10.3 Å². The van der Waals surface area contributed by atoms with Crippen molar-refractivity contribution >= 4 is 33.8 Å². The van der Waals surface area contributed by atoms with Gasteiger partial charge in [0.15, 0.2) is 0 Å². The first kappa shape index (κ1) is 17.4. The number of aromatic nitrogens is 1. The van der Waals surface area contributed by atoms with E-state index in [9.17, 15) is 8.42 Å². The number of pyridine rings is 1. The predicted octanol–water partition coefficient (Wildman–Crippen LogP) is 2.21. The molecule has 120 valence electrons. The standard InChI is InChI=1S/C14H17N3O2S2.ClH/c1-11-4-5-14(20-11)21(18,19)17-8-7-16-10-13(17)12-3-2-6-15-9-12;/h2-6,9,13,16H,7-8,10H2,1H3;1H. The van der Waals surface area contributed by atoms with Crippen LogP contribution in [0.1, 0.15) is 16.5 Å². The lowest BCUT2D eigenvalue weighted by Gasteiger charge is -2.34. The zero-order valence-electron chi connectivity index (χ0n) is 12.1. The summed E-state index contributed by atoms with van der Waals surface area (Å²) >= 11 is 1.32. The third-order valence-electron chi connectivity index (χ3n) is 3.54. The van der Waals surface area contributed by atoms with E-state index < -0.39 is 10.0 Å². The number of rotatable bonds is 3. The lowest BCUT2D eigenvalue weighted by molar-refractivity contribution is 0.271. The molecule has 5 nitrogen and oxygen atoms in total. The van der Waals surface area contributed by atoms with Crippen LogP contribution in [0, 0.1) is 6.92 Å². The molecular formula is C14H18ClN3O2S2. The molecule has 3 heterocycles. The highest BCUT2D eigenvalue weighted by molar-refractivity contribution is 7.91. The summed E-state index contributed by atoms with van der Waals surface area (Å²) in [5.74, 6) is 0. The zero-order valence-corrected chi connectivity index (χ0v) is 14.5. The first-order valence-electron chi connectivity index (χ1n) is 6.78. The Bertz CT molecular complexity index is 719. The van der Waals surface area contributed by atoms with E-state index in [1.165, 1.54) is 11.3 Å². The quantitative estimate of drug-likeness (QED) is 0.912. The maximum absolute atomic E-state index is 12.9. The van der Waals surface area contributed by atoms with Crippen LogP contribution in [0.25, 0.3) is 0 Å². The Kier molecular flexibility index (Phi) is 5.57. The Morgan fingerprint density at radius 1 is 1.36 bits per heavy atom. The van der Waals surface area contributed by atoms with Crippen molar-refractivity contribution < 1.29 is 8.42 Å². The van der Waals surface area contributed by atoms with E-state index in [1.807, 2.05) is 25.1 Å². The Balaban J connectivity index is 0.00000176. The molecule has 0 bridgehead atoms. The Morgan fingerprint density at radius 3 is 2.82 bits per heavy atom. The molecular weight excluding hydrogens is 342 g/mol. The van der Waals surface area contributed by atoms with Gasteiger partial charge in [0, 0.05) is 36.9 Å². The van der Waals surface area contributed by atoms with Crippen LogP contribution in [-0.2, 0) is 10.0 Å². The second kappa shape index (κ2) is 7.06. The second-order valence-corrected chi connectivity index (χ2v) is 8.39. The number of hydrogen-bond acceptors (Lipinski definition) is 5. The molecule has 1 aliphatic rings. The average molecular weight is 360 g/mol. The summed E-state index contributed by atoms with van der Waals surface area (Å²) in [4.78, 5) is 5.11. The van der Waals surface area contributed by atoms with Crippen LogP contribution < -0.4 is 5.32 Å². The van der Waals surface area contributed by atoms with E-state index in [1.54, 1.807) is 22.8 Å². The molecule has 8 heteroatoms. The molecule has 0 amide bonds. The molecule has 0 aromatic carbocycles. The van der Waals surface area contributed by atoms with Crippen LogP contribution in [0.5, 0.6) is 0 Å². The van der Waals surface area contributed by atoms with Gasteiger partial charge in [-0.2, -0.15) is 4.31 Å². The second-order valence-electron chi connectivity index (χ2n) is 4.99. The molecule has 1 saturated heterocycles. The van der Waals surface area contributed by atoms with Gasteiger partial charge >= 0.3 is 0 Å². The molecule has 0 aliphatic carbocycles. The molecule has 1 aliphatic heterocycles. The van der Waals surface area contributed by atoms with Crippen LogP contribution in [0.15, 0.2) is 40.9 Å². The third kappa shape index (κ3) is 3.33. The van der Waals surface area contributed by atoms with Gasteiger partial charge in [0.05, 0.1) is 6.04 Å². The highest BCUT2D eigenvalue weighted by Crippen LogP contribution is 2.31. The smallest absolute Gasteiger partial charge is 0.253 e. The summed E-state index contributed by atoms with van der Waals surface area (Å²) in [7, 11) is -3.45. The number of hydrogen-bond donors (Lipinski definition) is 1. The molecule has 1 atom stereocenters. The van der Waals surface area contributed by atoms with Crippen LogP contribution in [-0.4, -0.2) is 37.3 Å². The summed E-state index contributed by atoms with van der Waals surface area (Å²) in [6.07, 6.45) is 3.43. The summed E-state index contributed by atoms with van der Waals surface area (Å²) < 4.78 is 27.7. The number of nitrogens with zero attached hydrogens (tertiary/aromatic N) is 2. The first-order chi connectivity index (χ1) is 10.1. The van der Waals surface area contributed by atoms with Gasteiger partial charge in [-0.3, -0.25) is 4.98 Å². The number of nitrogens with one attached hydrogen (secondary N) is 1. The first-order valence-corrected chi connectivity index (χ1v) is 9.03. The average Bonchev–Trinajstić information content (AvgIpc) is 2.95. The Morgan fingerprint density at radius 2 is 2.18 bits per heavy atom. The summed E-state index contributed by atoms with van der Waals surface area (Å²) in [6, 6.07) is 7.09. The molecule has 1 unspecified atom stereocenters. The number of aryl methyl sites for hydroxylation is 1. The molecule has 22 heavy (non-hydrogen) atoms. The number of piperazine rings is 1. The lowest BCUT2D eigenvalue weighted by Crippen LogP contribution is -2.48. The molecule has 0 radical (unpaired) electrons. The maximum atomic E-state index is 12.9. The molecule has 3 rings (SSSR count). The predicted molar refractivity (Wildman–Crippen MR) is 90.0 cm³/mol. The number of sulfonamides is 1. The van der Waals surface area contributed by atoms with Gasteiger partial charge in [0.1, 0.15) is 4.21 Å². The molecule has 2 aromatic rings. The molecule has 0 spiro atoms. The van der Waals surface area contributed by atoms with E-state index in [0.717, 1.165) is 10.4 Å². The van der Waals surface area contributed by atoms with Crippen molar-refractivity contribution in [3.05, 3.63) is 47.1 Å². The van der Waals surface area contributed by atoms with Gasteiger partial charge in [0.25, 0.3) is 10.0 Å². The van der Waals surface area contributed by atoms with Crippen molar-refractivity contribution in [3.8, 4) is 0 Å². The largest absolute Gasteiger partial charge is 0.313 e. The van der Waals surface area contributed by atoms with E-state index in [-0.39, 0.29) is 18.4 Å². The minimum absolute atomic E-state index is 0. The lowest BCUT2D eigenvalue weighted by atomic mass is 10.1. The molecule has 1 fully saturated rings. The van der Waals surface area contributed by atoms with E-state index in [0.29, 0.717) is 23.8 Å². The van der Waals surface area contributed by atoms with Crippen LogP contribution in [0.2, 0.25) is 0 Å². The third-order valence-corrected chi connectivity index (χ3v) is 6.92. The number of halogens is 1. The molecule has 1 N–H and O–H groups in total. The molecule has 0 saturated carbocycles. The SMILES string of the molecule is Cc1ccc(S(=O)(=O)N2CCNCC2c2cccnc2)s1.Cl. The van der Waals surface area contributed by atoms with Crippen LogP contribution in [0.3, 0.4) is 0 Å². The Labute approximate surface area is 140 Å². The van der Waals surface area contributed by atoms with Gasteiger partial charge in [-0.25, -0.2) is 8.42 Å². The fraction of sp³-hybridized carbons (Fsp3) is 0.357. The van der Waals surface area contributed by atoms with Crippen LogP contribution in [0.4, 0.5) is 0 Å². The Hall–Kier alpha value is -0.990. The van der Waals surface area contributed by atoms with Gasteiger partial charge in [-0.15, -0.1) is 23.7 Å². The normalized spacial score (nSPS) is 19.6. The van der Waals surface area contributed by atoms with Crippen molar-refractivity contribution in [3.63, 3.8) is 0 Å². The fourth-order valence-electron chi connectivity index (χ4n) is 2.50. The van der Waals surface area contributed by atoms with Gasteiger partial charge in [-0.1, -0.05) is 6.07 Å². The monoisotopic (exact) mass is 359 g/mol. The van der Waals surface area contributed by atoms with Crippen molar-refractivity contribution in [1.82, 2.24) is 14.6 Å². The molecule has 2 aromatic heterocycles. The highest BCUT2D eigenvalue weighted by atomic mass is 35.5. The van der Waals surface area contributed by atoms with Crippen molar-refractivity contribution in [2.75, 3.05) is 19.6 Å². The number of thiophene rings is 1. The highest BCUT2D eigenvalue weighted by Gasteiger charge is 2.35. The summed E-state index contributed by atoms with van der Waals surface area (Å²) in [6.45, 7) is 3.66.